The highest BCUT2D eigenvalue weighted by molar-refractivity contribution is 6.00. The molecule has 32 heavy (non-hydrogen) atoms. The molecular formula is C26H26N2O4. The molecule has 0 spiro atoms. The van der Waals surface area contributed by atoms with Gasteiger partial charge in [-0.1, -0.05) is 49.4 Å². The van der Waals surface area contributed by atoms with Gasteiger partial charge in [0, 0.05) is 11.8 Å². The summed E-state index contributed by atoms with van der Waals surface area (Å²) in [6.45, 7) is 4.17. The first-order valence-electron chi connectivity index (χ1n) is 10.7. The lowest BCUT2D eigenvalue weighted by molar-refractivity contribution is -0.125. The number of nitrogens with zero attached hydrogens (tertiary/aromatic N) is 1. The minimum atomic E-state index is -0.605. The van der Waals surface area contributed by atoms with Crippen LogP contribution in [0, 0.1) is 0 Å². The predicted octanol–water partition coefficient (Wildman–Crippen LogP) is 4.58. The number of ether oxygens (including phenoxy) is 2. The van der Waals surface area contributed by atoms with E-state index in [4.69, 9.17) is 9.47 Å². The lowest BCUT2D eigenvalue weighted by atomic mass is 10.1. The van der Waals surface area contributed by atoms with Crippen molar-refractivity contribution in [1.29, 1.82) is 0 Å². The molecule has 1 aliphatic heterocycles. The lowest BCUT2D eigenvalue weighted by Crippen LogP contribution is -2.44. The number of hydrogen-bond acceptors (Lipinski definition) is 4. The van der Waals surface area contributed by atoms with Crippen LogP contribution in [0.5, 0.6) is 11.5 Å². The van der Waals surface area contributed by atoms with Crippen LogP contribution in [0.1, 0.15) is 25.0 Å². The number of anilines is 2. The summed E-state index contributed by atoms with van der Waals surface area (Å²) >= 11 is 0. The van der Waals surface area contributed by atoms with Crippen LogP contribution >= 0.6 is 0 Å². The van der Waals surface area contributed by atoms with Crippen molar-refractivity contribution in [3.05, 3.63) is 83.9 Å². The van der Waals surface area contributed by atoms with Gasteiger partial charge in [-0.3, -0.25) is 9.59 Å². The first kappa shape index (κ1) is 21.4. The van der Waals surface area contributed by atoms with Gasteiger partial charge in [0.2, 0.25) is 0 Å². The topological polar surface area (TPSA) is 67.9 Å². The molecule has 0 aliphatic carbocycles. The molecule has 3 aromatic carbocycles. The molecule has 0 saturated carbocycles. The minimum Gasteiger partial charge on any atom is -0.484 e. The van der Waals surface area contributed by atoms with Gasteiger partial charge < -0.3 is 19.7 Å². The average Bonchev–Trinajstić information content (AvgIpc) is 2.81. The Hall–Kier alpha value is -3.80. The molecule has 4 rings (SSSR count). The Morgan fingerprint density at radius 2 is 1.78 bits per heavy atom. The number of benzene rings is 3. The number of fused-ring (bicyclic) bond motifs is 1. The Bertz CT molecular complexity index is 1100. The van der Waals surface area contributed by atoms with Crippen molar-refractivity contribution < 1.29 is 19.1 Å². The quantitative estimate of drug-likeness (QED) is 0.596. The van der Waals surface area contributed by atoms with E-state index >= 15 is 0 Å². The van der Waals surface area contributed by atoms with Crippen LogP contribution in [-0.2, 0) is 22.6 Å². The fourth-order valence-electron chi connectivity index (χ4n) is 3.58. The monoisotopic (exact) mass is 430 g/mol. The Morgan fingerprint density at radius 3 is 2.50 bits per heavy atom. The fraction of sp³-hybridized carbons (Fsp3) is 0.231. The summed E-state index contributed by atoms with van der Waals surface area (Å²) in [6, 6.07) is 22.8. The SMILES string of the molecule is CCc1ccc(OCC(=O)Nc2ccc3c(c2)OC(C)C(=O)N3Cc2ccccc2)cc1. The average molecular weight is 431 g/mol. The molecule has 6 heteroatoms. The number of amides is 2. The largest absolute Gasteiger partial charge is 0.484 e. The minimum absolute atomic E-state index is 0.0966. The molecule has 1 N–H and O–H groups in total. The Balaban J connectivity index is 1.43. The van der Waals surface area contributed by atoms with Crippen molar-refractivity contribution in [3.63, 3.8) is 0 Å². The molecule has 1 unspecified atom stereocenters. The normalized spacial score (nSPS) is 15.0. The summed E-state index contributed by atoms with van der Waals surface area (Å²) in [4.78, 5) is 26.8. The molecule has 0 aromatic heterocycles. The number of carbonyl (C=O) groups is 2. The van der Waals surface area contributed by atoms with E-state index in [1.807, 2.05) is 54.6 Å². The summed E-state index contributed by atoms with van der Waals surface area (Å²) in [5.74, 6) is 0.836. The molecule has 0 saturated heterocycles. The number of rotatable bonds is 7. The first-order chi connectivity index (χ1) is 15.5. The van der Waals surface area contributed by atoms with Gasteiger partial charge in [0.05, 0.1) is 12.2 Å². The zero-order valence-electron chi connectivity index (χ0n) is 18.2. The van der Waals surface area contributed by atoms with E-state index in [2.05, 4.69) is 12.2 Å². The third-order valence-electron chi connectivity index (χ3n) is 5.34. The molecule has 0 radical (unpaired) electrons. The molecule has 1 atom stereocenters. The maximum atomic E-state index is 12.7. The van der Waals surface area contributed by atoms with Crippen molar-refractivity contribution in [2.75, 3.05) is 16.8 Å². The molecule has 1 aliphatic rings. The summed E-state index contributed by atoms with van der Waals surface area (Å²) in [5.41, 5.74) is 3.51. The third kappa shape index (κ3) is 4.91. The van der Waals surface area contributed by atoms with Crippen LogP contribution in [-0.4, -0.2) is 24.5 Å². The zero-order valence-corrected chi connectivity index (χ0v) is 18.2. The standard InChI is InChI=1S/C26H26N2O4/c1-3-19-9-12-22(13-10-19)31-17-25(29)27-21-11-14-23-24(15-21)32-18(2)26(30)28(23)16-20-7-5-4-6-8-20/h4-15,18H,3,16-17H2,1-2H3,(H,27,29). The van der Waals surface area contributed by atoms with Gasteiger partial charge in [0.15, 0.2) is 12.7 Å². The summed E-state index contributed by atoms with van der Waals surface area (Å²) < 4.78 is 11.4. The van der Waals surface area contributed by atoms with Crippen molar-refractivity contribution in [2.24, 2.45) is 0 Å². The molecule has 0 bridgehead atoms. The van der Waals surface area contributed by atoms with E-state index in [1.54, 1.807) is 30.0 Å². The van der Waals surface area contributed by atoms with Gasteiger partial charge in [-0.15, -0.1) is 0 Å². The maximum Gasteiger partial charge on any atom is 0.268 e. The Morgan fingerprint density at radius 1 is 1.03 bits per heavy atom. The molecule has 164 valence electrons. The highest BCUT2D eigenvalue weighted by Gasteiger charge is 2.31. The van der Waals surface area contributed by atoms with Gasteiger partial charge in [-0.05, 0) is 48.7 Å². The molecule has 3 aromatic rings. The van der Waals surface area contributed by atoms with Crippen molar-refractivity contribution >= 4 is 23.2 Å². The van der Waals surface area contributed by atoms with Crippen molar-refractivity contribution in [3.8, 4) is 11.5 Å². The van der Waals surface area contributed by atoms with Crippen LogP contribution in [0.3, 0.4) is 0 Å². The number of nitrogens with one attached hydrogen (secondary N) is 1. The Labute approximate surface area is 187 Å². The van der Waals surface area contributed by atoms with E-state index in [0.29, 0.717) is 29.4 Å². The van der Waals surface area contributed by atoms with Crippen molar-refractivity contribution in [1.82, 2.24) is 0 Å². The molecule has 2 amide bonds. The summed E-state index contributed by atoms with van der Waals surface area (Å²) in [5, 5.41) is 2.83. The number of carbonyl (C=O) groups excluding carboxylic acids is 2. The summed E-state index contributed by atoms with van der Waals surface area (Å²) in [7, 11) is 0. The first-order valence-corrected chi connectivity index (χ1v) is 10.7. The number of aryl methyl sites for hydroxylation is 1. The fourth-order valence-corrected chi connectivity index (χ4v) is 3.58. The van der Waals surface area contributed by atoms with Gasteiger partial charge in [0.25, 0.3) is 11.8 Å². The van der Waals surface area contributed by atoms with Crippen LogP contribution in [0.25, 0.3) is 0 Å². The Kier molecular flexibility index (Phi) is 6.40. The summed E-state index contributed by atoms with van der Waals surface area (Å²) in [6.07, 6.45) is 0.348. The van der Waals surface area contributed by atoms with Gasteiger partial charge in [0.1, 0.15) is 11.5 Å². The molecular weight excluding hydrogens is 404 g/mol. The number of hydrogen-bond donors (Lipinski definition) is 1. The van der Waals surface area contributed by atoms with Crippen LogP contribution in [0.15, 0.2) is 72.8 Å². The predicted molar refractivity (Wildman–Crippen MR) is 124 cm³/mol. The zero-order chi connectivity index (χ0) is 22.5. The van der Waals surface area contributed by atoms with Crippen LogP contribution in [0.2, 0.25) is 0 Å². The second-order valence-corrected chi connectivity index (χ2v) is 7.69. The van der Waals surface area contributed by atoms with E-state index in [-0.39, 0.29) is 18.4 Å². The third-order valence-corrected chi connectivity index (χ3v) is 5.34. The van der Waals surface area contributed by atoms with Crippen LogP contribution in [0.4, 0.5) is 11.4 Å². The highest BCUT2D eigenvalue weighted by Crippen LogP contribution is 2.37. The maximum absolute atomic E-state index is 12.7. The smallest absolute Gasteiger partial charge is 0.268 e. The van der Waals surface area contributed by atoms with Crippen LogP contribution < -0.4 is 19.7 Å². The second kappa shape index (κ2) is 9.56. The van der Waals surface area contributed by atoms with Gasteiger partial charge in [-0.25, -0.2) is 0 Å². The highest BCUT2D eigenvalue weighted by atomic mass is 16.5. The van der Waals surface area contributed by atoms with Gasteiger partial charge >= 0.3 is 0 Å². The van der Waals surface area contributed by atoms with E-state index in [0.717, 1.165) is 12.0 Å². The molecule has 1 heterocycles. The van der Waals surface area contributed by atoms with Gasteiger partial charge in [-0.2, -0.15) is 0 Å². The molecule has 6 nitrogen and oxygen atoms in total. The van der Waals surface area contributed by atoms with Crippen molar-refractivity contribution in [2.45, 2.75) is 32.9 Å². The van der Waals surface area contributed by atoms with E-state index in [9.17, 15) is 9.59 Å². The lowest BCUT2D eigenvalue weighted by Gasteiger charge is -2.33. The molecule has 0 fully saturated rings. The second-order valence-electron chi connectivity index (χ2n) is 7.69. The van der Waals surface area contributed by atoms with E-state index < -0.39 is 6.10 Å². The van der Waals surface area contributed by atoms with E-state index in [1.165, 1.54) is 5.56 Å².